The molecule has 5 heterocycles. The number of anilines is 1. The number of pyridine rings is 3. The number of hydrogen-bond donors (Lipinski definition) is 3. The van der Waals surface area contributed by atoms with Crippen LogP contribution in [0.5, 0.6) is 5.75 Å². The van der Waals surface area contributed by atoms with E-state index in [4.69, 9.17) is 4.74 Å². The van der Waals surface area contributed by atoms with E-state index in [9.17, 15) is 9.18 Å². The van der Waals surface area contributed by atoms with Gasteiger partial charge >= 0.3 is 0 Å². The van der Waals surface area contributed by atoms with E-state index in [0.717, 1.165) is 46.0 Å². The number of benzene rings is 1. The summed E-state index contributed by atoms with van der Waals surface area (Å²) in [5.41, 5.74) is 6.43. The van der Waals surface area contributed by atoms with Gasteiger partial charge in [-0.3, -0.25) is 19.9 Å². The fourth-order valence-electron chi connectivity index (χ4n) is 4.73. The Morgan fingerprint density at radius 2 is 1.93 bits per heavy atom. The number of rotatable bonds is 8. The standard InChI is InChI=1S/C30H26FN7O2/c1-3-4-5-28(39)35-20-9-18(14-32-15-20)25-13-24-27(16-34-25)37-38-29(24)26-12-23-22(6-7-33-30(23)36-26)17-8-19(31)11-21(10-17)40-2/h6-16H,3-5H2,1-2H3,(H,33,36)(H,35,39)(H,37,38). The molecule has 40 heavy (non-hydrogen) atoms. The van der Waals surface area contributed by atoms with Gasteiger partial charge in [-0.05, 0) is 53.9 Å². The number of carbonyl (C=O) groups is 1. The molecule has 1 aromatic carbocycles. The molecule has 0 saturated carbocycles. The molecule has 5 aromatic heterocycles. The van der Waals surface area contributed by atoms with Gasteiger partial charge in [-0.1, -0.05) is 13.3 Å². The Morgan fingerprint density at radius 1 is 1.02 bits per heavy atom. The summed E-state index contributed by atoms with van der Waals surface area (Å²) in [4.78, 5) is 28.9. The van der Waals surface area contributed by atoms with Crippen LogP contribution in [0, 0.1) is 5.82 Å². The zero-order chi connectivity index (χ0) is 27.6. The monoisotopic (exact) mass is 535 g/mol. The Morgan fingerprint density at radius 3 is 2.77 bits per heavy atom. The molecule has 200 valence electrons. The van der Waals surface area contributed by atoms with Gasteiger partial charge in [0.05, 0.1) is 42.1 Å². The molecule has 0 saturated heterocycles. The first-order valence-electron chi connectivity index (χ1n) is 12.9. The van der Waals surface area contributed by atoms with Gasteiger partial charge in [-0.15, -0.1) is 0 Å². The van der Waals surface area contributed by atoms with Crippen LogP contribution in [0.3, 0.4) is 0 Å². The van der Waals surface area contributed by atoms with Crippen LogP contribution in [0.4, 0.5) is 10.1 Å². The molecule has 0 aliphatic rings. The lowest BCUT2D eigenvalue weighted by Crippen LogP contribution is -2.11. The van der Waals surface area contributed by atoms with Crippen molar-refractivity contribution in [3.63, 3.8) is 0 Å². The van der Waals surface area contributed by atoms with Crippen molar-refractivity contribution < 1.29 is 13.9 Å². The lowest BCUT2D eigenvalue weighted by atomic mass is 10.0. The number of amides is 1. The van der Waals surface area contributed by atoms with Crippen LogP contribution in [0.1, 0.15) is 26.2 Å². The smallest absolute Gasteiger partial charge is 0.224 e. The number of carbonyl (C=O) groups excluding carboxylic acids is 1. The quantitative estimate of drug-likeness (QED) is 0.204. The normalized spacial score (nSPS) is 11.3. The molecule has 9 nitrogen and oxygen atoms in total. The molecule has 0 unspecified atom stereocenters. The summed E-state index contributed by atoms with van der Waals surface area (Å²) in [5, 5.41) is 12.2. The molecule has 10 heteroatoms. The topological polar surface area (TPSA) is 121 Å². The van der Waals surface area contributed by atoms with Gasteiger partial charge in [0, 0.05) is 41.2 Å². The highest BCUT2D eigenvalue weighted by Gasteiger charge is 2.16. The number of nitrogens with one attached hydrogen (secondary N) is 3. The number of fused-ring (bicyclic) bond motifs is 2. The average molecular weight is 536 g/mol. The van der Waals surface area contributed by atoms with Crippen molar-refractivity contribution in [2.45, 2.75) is 26.2 Å². The van der Waals surface area contributed by atoms with Gasteiger partial charge in [0.1, 0.15) is 22.9 Å². The number of unbranched alkanes of at least 4 members (excludes halogenated alkanes) is 1. The Bertz CT molecular complexity index is 1860. The second-order valence-corrected chi connectivity index (χ2v) is 9.48. The average Bonchev–Trinajstić information content (AvgIpc) is 3.59. The number of H-pyrrole nitrogens is 2. The van der Waals surface area contributed by atoms with E-state index in [1.807, 2.05) is 24.3 Å². The fraction of sp³-hybridized carbons (Fsp3) is 0.167. The summed E-state index contributed by atoms with van der Waals surface area (Å²) in [6, 6.07) is 12.2. The Labute approximate surface area is 228 Å². The van der Waals surface area contributed by atoms with Crippen LogP contribution in [-0.2, 0) is 4.79 Å². The van der Waals surface area contributed by atoms with Crippen molar-refractivity contribution >= 4 is 33.5 Å². The third-order valence-electron chi connectivity index (χ3n) is 6.73. The maximum absolute atomic E-state index is 14.3. The van der Waals surface area contributed by atoms with Gasteiger partial charge in [0.15, 0.2) is 0 Å². The van der Waals surface area contributed by atoms with E-state index in [-0.39, 0.29) is 11.7 Å². The maximum Gasteiger partial charge on any atom is 0.224 e. The minimum atomic E-state index is -0.382. The van der Waals surface area contributed by atoms with Crippen LogP contribution in [0.15, 0.2) is 67.3 Å². The van der Waals surface area contributed by atoms with E-state index < -0.39 is 0 Å². The van der Waals surface area contributed by atoms with Crippen molar-refractivity contribution in [1.82, 2.24) is 30.1 Å². The lowest BCUT2D eigenvalue weighted by molar-refractivity contribution is -0.116. The van der Waals surface area contributed by atoms with Crippen LogP contribution in [0.25, 0.3) is 55.7 Å². The van der Waals surface area contributed by atoms with Crippen molar-refractivity contribution in [3.05, 3.63) is 73.1 Å². The van der Waals surface area contributed by atoms with Gasteiger partial charge in [-0.2, -0.15) is 5.10 Å². The largest absolute Gasteiger partial charge is 0.497 e. The van der Waals surface area contributed by atoms with Crippen molar-refractivity contribution in [2.24, 2.45) is 0 Å². The number of ether oxygens (including phenoxy) is 1. The minimum Gasteiger partial charge on any atom is -0.497 e. The van der Waals surface area contributed by atoms with Crippen LogP contribution < -0.4 is 10.1 Å². The first-order chi connectivity index (χ1) is 19.5. The molecule has 0 radical (unpaired) electrons. The summed E-state index contributed by atoms with van der Waals surface area (Å²) in [7, 11) is 1.51. The number of methoxy groups -OCH3 is 1. The molecule has 0 atom stereocenters. The van der Waals surface area contributed by atoms with Crippen LogP contribution in [-0.4, -0.2) is 43.2 Å². The third kappa shape index (κ3) is 4.86. The lowest BCUT2D eigenvalue weighted by Gasteiger charge is -2.07. The van der Waals surface area contributed by atoms with Crippen molar-refractivity contribution in [1.29, 1.82) is 0 Å². The highest BCUT2D eigenvalue weighted by molar-refractivity contribution is 6.00. The molecule has 0 spiro atoms. The third-order valence-corrected chi connectivity index (χ3v) is 6.73. The number of hydrogen-bond acceptors (Lipinski definition) is 6. The fourth-order valence-corrected chi connectivity index (χ4v) is 4.73. The van der Waals surface area contributed by atoms with Crippen molar-refractivity contribution in [2.75, 3.05) is 12.4 Å². The highest BCUT2D eigenvalue weighted by atomic mass is 19.1. The Kier molecular flexibility index (Phi) is 6.65. The first-order valence-corrected chi connectivity index (χ1v) is 12.9. The molecular weight excluding hydrogens is 509 g/mol. The molecule has 1 amide bonds. The van der Waals surface area contributed by atoms with E-state index in [0.29, 0.717) is 40.5 Å². The predicted molar refractivity (Wildman–Crippen MR) is 152 cm³/mol. The molecule has 0 aliphatic heterocycles. The molecular formula is C30H26FN7O2. The number of halogens is 1. The summed E-state index contributed by atoms with van der Waals surface area (Å²) < 4.78 is 19.5. The summed E-state index contributed by atoms with van der Waals surface area (Å²) in [5.74, 6) is 0.0189. The van der Waals surface area contributed by atoms with E-state index in [1.165, 1.54) is 19.2 Å². The second kappa shape index (κ2) is 10.6. The number of aromatic nitrogens is 6. The van der Waals surface area contributed by atoms with E-state index in [1.54, 1.807) is 30.9 Å². The predicted octanol–water partition coefficient (Wildman–Crippen LogP) is 6.51. The zero-order valence-electron chi connectivity index (χ0n) is 22.0. The van der Waals surface area contributed by atoms with Gasteiger partial charge in [-0.25, -0.2) is 9.37 Å². The van der Waals surface area contributed by atoms with Gasteiger partial charge in [0.2, 0.25) is 5.91 Å². The SMILES string of the molecule is CCCCC(=O)Nc1cncc(-c2cc3c(-c4cc5c(-c6cc(F)cc(OC)c6)ccnc5[nH]4)n[nH]c3cn2)c1. The molecule has 6 aromatic rings. The summed E-state index contributed by atoms with van der Waals surface area (Å²) in [6.07, 6.45) is 9.00. The second-order valence-electron chi connectivity index (χ2n) is 9.48. The number of aromatic amines is 2. The minimum absolute atomic E-state index is 0.0372. The Hall–Kier alpha value is -5.12. The maximum atomic E-state index is 14.3. The molecule has 0 fully saturated rings. The Balaban J connectivity index is 1.38. The molecule has 3 N–H and O–H groups in total. The van der Waals surface area contributed by atoms with E-state index in [2.05, 4.69) is 42.4 Å². The summed E-state index contributed by atoms with van der Waals surface area (Å²) >= 11 is 0. The van der Waals surface area contributed by atoms with Gasteiger partial charge in [0.25, 0.3) is 0 Å². The first kappa shape index (κ1) is 25.2. The van der Waals surface area contributed by atoms with Crippen molar-refractivity contribution in [3.8, 4) is 39.5 Å². The summed E-state index contributed by atoms with van der Waals surface area (Å²) in [6.45, 7) is 2.05. The highest BCUT2D eigenvalue weighted by Crippen LogP contribution is 2.35. The van der Waals surface area contributed by atoms with E-state index >= 15 is 0 Å². The van der Waals surface area contributed by atoms with Gasteiger partial charge < -0.3 is 15.0 Å². The molecule has 0 aliphatic carbocycles. The molecule has 0 bridgehead atoms. The molecule has 6 rings (SSSR count). The van der Waals surface area contributed by atoms with Crippen LogP contribution >= 0.6 is 0 Å². The zero-order valence-corrected chi connectivity index (χ0v) is 22.0. The van der Waals surface area contributed by atoms with Crippen LogP contribution in [0.2, 0.25) is 0 Å². The number of nitrogens with zero attached hydrogens (tertiary/aromatic N) is 4.